The van der Waals surface area contributed by atoms with E-state index < -0.39 is 0 Å². The summed E-state index contributed by atoms with van der Waals surface area (Å²) in [5, 5.41) is 6.46. The first-order valence-corrected chi connectivity index (χ1v) is 7.01. The van der Waals surface area contributed by atoms with Crippen molar-refractivity contribution in [2.75, 3.05) is 6.54 Å². The predicted octanol–water partition coefficient (Wildman–Crippen LogP) is 4.41. The Balaban J connectivity index is 2.35. The summed E-state index contributed by atoms with van der Waals surface area (Å²) in [6, 6.07) is 10.8. The van der Waals surface area contributed by atoms with E-state index in [2.05, 4.69) is 41.9 Å². The van der Waals surface area contributed by atoms with E-state index in [1.54, 1.807) is 11.3 Å². The third-order valence-electron chi connectivity index (χ3n) is 2.75. The molecule has 2 rings (SSSR count). The topological polar surface area (TPSA) is 12.0 Å². The van der Waals surface area contributed by atoms with Crippen LogP contribution in [0.2, 0.25) is 5.02 Å². The van der Waals surface area contributed by atoms with Crippen LogP contribution < -0.4 is 5.32 Å². The molecule has 0 fully saturated rings. The lowest BCUT2D eigenvalue weighted by Crippen LogP contribution is -2.21. The summed E-state index contributed by atoms with van der Waals surface area (Å²) in [5.41, 5.74) is 2.40. The van der Waals surface area contributed by atoms with E-state index in [1.807, 2.05) is 13.0 Å². The van der Waals surface area contributed by atoms with Gasteiger partial charge in [-0.15, -0.1) is 11.3 Å². The largest absolute Gasteiger partial charge is 0.306 e. The summed E-state index contributed by atoms with van der Waals surface area (Å²) in [7, 11) is 0. The van der Waals surface area contributed by atoms with Crippen molar-refractivity contribution < 1.29 is 0 Å². The van der Waals surface area contributed by atoms with Crippen molar-refractivity contribution >= 4 is 22.9 Å². The Morgan fingerprint density at radius 3 is 2.76 bits per heavy atom. The van der Waals surface area contributed by atoms with Crippen molar-refractivity contribution in [1.29, 1.82) is 0 Å². The maximum Gasteiger partial charge on any atom is 0.0671 e. The van der Waals surface area contributed by atoms with Crippen LogP contribution in [0.15, 0.2) is 35.7 Å². The Hall–Kier alpha value is -0.830. The standard InChI is InChI=1S/C14H16ClNS/c1-3-16-14(13-5-4-8-17-13)11-6-7-12(15)10(2)9-11/h4-9,14,16H,3H2,1-2H3. The first kappa shape index (κ1) is 12.6. The highest BCUT2D eigenvalue weighted by Crippen LogP contribution is 2.28. The molecule has 1 unspecified atom stereocenters. The van der Waals surface area contributed by atoms with Gasteiger partial charge in [0.2, 0.25) is 0 Å². The van der Waals surface area contributed by atoms with Gasteiger partial charge in [-0.2, -0.15) is 0 Å². The average molecular weight is 266 g/mol. The molecule has 1 atom stereocenters. The van der Waals surface area contributed by atoms with Crippen molar-refractivity contribution in [2.45, 2.75) is 19.9 Å². The number of nitrogens with one attached hydrogen (secondary N) is 1. The molecule has 3 heteroatoms. The SMILES string of the molecule is CCNC(c1ccc(Cl)c(C)c1)c1cccs1. The van der Waals surface area contributed by atoms with Crippen molar-refractivity contribution in [3.05, 3.63) is 56.7 Å². The first-order chi connectivity index (χ1) is 8.22. The molecule has 0 aliphatic heterocycles. The minimum atomic E-state index is 0.274. The molecular formula is C14H16ClNS. The summed E-state index contributed by atoms with van der Waals surface area (Å²) in [5.74, 6) is 0. The molecule has 0 bridgehead atoms. The molecular weight excluding hydrogens is 250 g/mol. The van der Waals surface area contributed by atoms with Crippen LogP contribution in [0.25, 0.3) is 0 Å². The molecule has 1 N–H and O–H groups in total. The van der Waals surface area contributed by atoms with Gasteiger partial charge < -0.3 is 5.32 Å². The van der Waals surface area contributed by atoms with E-state index >= 15 is 0 Å². The monoisotopic (exact) mass is 265 g/mol. The van der Waals surface area contributed by atoms with Crippen LogP contribution in [-0.4, -0.2) is 6.54 Å². The average Bonchev–Trinajstić information content (AvgIpc) is 2.83. The molecule has 0 radical (unpaired) electrons. The molecule has 0 amide bonds. The second kappa shape index (κ2) is 5.67. The van der Waals surface area contributed by atoms with Crippen molar-refractivity contribution in [3.8, 4) is 0 Å². The van der Waals surface area contributed by atoms with Gasteiger partial charge in [-0.05, 0) is 42.1 Å². The number of rotatable bonds is 4. The summed E-state index contributed by atoms with van der Waals surface area (Å²) in [6.07, 6.45) is 0. The zero-order valence-electron chi connectivity index (χ0n) is 10.0. The molecule has 0 aliphatic rings. The lowest BCUT2D eigenvalue weighted by molar-refractivity contribution is 0.639. The maximum atomic E-state index is 6.07. The Bertz CT molecular complexity index is 479. The van der Waals surface area contributed by atoms with Crippen LogP contribution in [0, 0.1) is 6.92 Å². The summed E-state index contributed by atoms with van der Waals surface area (Å²) < 4.78 is 0. The molecule has 0 spiro atoms. The Labute approximate surface area is 111 Å². The molecule has 0 aliphatic carbocycles. The van der Waals surface area contributed by atoms with E-state index in [-0.39, 0.29) is 6.04 Å². The first-order valence-electron chi connectivity index (χ1n) is 5.75. The zero-order valence-corrected chi connectivity index (χ0v) is 11.6. The van der Waals surface area contributed by atoms with Gasteiger partial charge in [0.15, 0.2) is 0 Å². The maximum absolute atomic E-state index is 6.07. The Morgan fingerprint density at radius 2 is 2.18 bits per heavy atom. The molecule has 90 valence electrons. The molecule has 1 aromatic heterocycles. The van der Waals surface area contributed by atoms with Gasteiger partial charge in [0.05, 0.1) is 6.04 Å². The van der Waals surface area contributed by atoms with Crippen LogP contribution in [0.4, 0.5) is 0 Å². The van der Waals surface area contributed by atoms with Crippen LogP contribution in [0.5, 0.6) is 0 Å². The van der Waals surface area contributed by atoms with Crippen LogP contribution in [-0.2, 0) is 0 Å². The fourth-order valence-electron chi connectivity index (χ4n) is 1.89. The minimum absolute atomic E-state index is 0.274. The fourth-order valence-corrected chi connectivity index (χ4v) is 2.83. The van der Waals surface area contributed by atoms with E-state index in [4.69, 9.17) is 11.6 Å². The van der Waals surface area contributed by atoms with Gasteiger partial charge in [0.25, 0.3) is 0 Å². The van der Waals surface area contributed by atoms with Gasteiger partial charge in [0.1, 0.15) is 0 Å². The van der Waals surface area contributed by atoms with Crippen molar-refractivity contribution in [3.63, 3.8) is 0 Å². The fraction of sp³-hybridized carbons (Fsp3) is 0.286. The second-order valence-corrected chi connectivity index (χ2v) is 5.40. The van der Waals surface area contributed by atoms with E-state index in [0.717, 1.165) is 17.1 Å². The molecule has 0 saturated carbocycles. The third-order valence-corrected chi connectivity index (χ3v) is 4.11. The normalized spacial score (nSPS) is 12.6. The lowest BCUT2D eigenvalue weighted by atomic mass is 10.0. The van der Waals surface area contributed by atoms with Crippen LogP contribution in [0.1, 0.15) is 29.0 Å². The number of hydrogen-bond donors (Lipinski definition) is 1. The van der Waals surface area contributed by atoms with Gasteiger partial charge in [-0.3, -0.25) is 0 Å². The smallest absolute Gasteiger partial charge is 0.0671 e. The van der Waals surface area contributed by atoms with Crippen LogP contribution >= 0.6 is 22.9 Å². The molecule has 2 aromatic rings. The third kappa shape index (κ3) is 2.89. The van der Waals surface area contributed by atoms with E-state index in [0.29, 0.717) is 0 Å². The highest BCUT2D eigenvalue weighted by atomic mass is 35.5. The van der Waals surface area contributed by atoms with Crippen molar-refractivity contribution in [1.82, 2.24) is 5.32 Å². The van der Waals surface area contributed by atoms with Crippen molar-refractivity contribution in [2.24, 2.45) is 0 Å². The summed E-state index contributed by atoms with van der Waals surface area (Å²) in [6.45, 7) is 5.12. The number of hydrogen-bond acceptors (Lipinski definition) is 2. The van der Waals surface area contributed by atoms with Gasteiger partial charge in [-0.1, -0.05) is 36.7 Å². The molecule has 17 heavy (non-hydrogen) atoms. The van der Waals surface area contributed by atoms with Gasteiger partial charge in [0, 0.05) is 9.90 Å². The quantitative estimate of drug-likeness (QED) is 0.864. The highest BCUT2D eigenvalue weighted by molar-refractivity contribution is 7.10. The lowest BCUT2D eigenvalue weighted by Gasteiger charge is -2.17. The minimum Gasteiger partial charge on any atom is -0.306 e. The summed E-state index contributed by atoms with van der Waals surface area (Å²) in [4.78, 5) is 1.34. The van der Waals surface area contributed by atoms with Crippen LogP contribution in [0.3, 0.4) is 0 Å². The Morgan fingerprint density at radius 1 is 1.35 bits per heavy atom. The summed E-state index contributed by atoms with van der Waals surface area (Å²) >= 11 is 7.85. The predicted molar refractivity (Wildman–Crippen MR) is 76.0 cm³/mol. The van der Waals surface area contributed by atoms with Gasteiger partial charge >= 0.3 is 0 Å². The molecule has 0 saturated heterocycles. The Kier molecular flexibility index (Phi) is 4.21. The highest BCUT2D eigenvalue weighted by Gasteiger charge is 2.14. The number of thiophene rings is 1. The molecule has 1 heterocycles. The second-order valence-electron chi connectivity index (χ2n) is 4.01. The van der Waals surface area contributed by atoms with E-state index in [1.165, 1.54) is 10.4 Å². The molecule has 1 nitrogen and oxygen atoms in total. The molecule has 1 aromatic carbocycles. The number of benzene rings is 1. The number of aryl methyl sites for hydroxylation is 1. The number of halogens is 1. The van der Waals surface area contributed by atoms with E-state index in [9.17, 15) is 0 Å². The van der Waals surface area contributed by atoms with Gasteiger partial charge in [-0.25, -0.2) is 0 Å². The zero-order chi connectivity index (χ0) is 12.3.